The van der Waals surface area contributed by atoms with E-state index in [4.69, 9.17) is 4.74 Å². The van der Waals surface area contributed by atoms with Gasteiger partial charge in [0.05, 0.1) is 12.8 Å². The van der Waals surface area contributed by atoms with Crippen molar-refractivity contribution in [2.75, 3.05) is 38.2 Å². The Hall–Kier alpha value is -2.28. The SMILES string of the molecule is COc1nccnc1N1CCC(C2CCN(Cc3ccnc(C)n3)CC2)CC1. The number of nitrogens with zero attached hydrogens (tertiary/aromatic N) is 6. The van der Waals surface area contributed by atoms with Crippen molar-refractivity contribution in [1.82, 2.24) is 24.8 Å². The quantitative estimate of drug-likeness (QED) is 0.787. The Morgan fingerprint density at radius 1 is 0.929 bits per heavy atom. The number of methoxy groups -OCH3 is 1. The van der Waals surface area contributed by atoms with Crippen molar-refractivity contribution in [2.24, 2.45) is 11.8 Å². The second kappa shape index (κ2) is 8.82. The minimum atomic E-state index is 0.634. The third kappa shape index (κ3) is 4.41. The fraction of sp³-hybridized carbons (Fsp3) is 0.619. The van der Waals surface area contributed by atoms with Crippen LogP contribution in [0.2, 0.25) is 0 Å². The van der Waals surface area contributed by atoms with E-state index >= 15 is 0 Å². The molecule has 2 fully saturated rings. The van der Waals surface area contributed by atoms with Crippen molar-refractivity contribution in [2.45, 2.75) is 39.2 Å². The molecule has 7 nitrogen and oxygen atoms in total. The van der Waals surface area contributed by atoms with Gasteiger partial charge in [0.2, 0.25) is 0 Å². The molecule has 2 aliphatic heterocycles. The Kier molecular flexibility index (Phi) is 6.00. The predicted octanol–water partition coefficient (Wildman–Crippen LogP) is 2.71. The molecule has 0 bridgehead atoms. The second-order valence-electron chi connectivity index (χ2n) is 7.92. The summed E-state index contributed by atoms with van der Waals surface area (Å²) in [6, 6.07) is 2.04. The predicted molar refractivity (Wildman–Crippen MR) is 108 cm³/mol. The highest BCUT2D eigenvalue weighted by molar-refractivity contribution is 5.48. The fourth-order valence-electron chi connectivity index (χ4n) is 4.67. The summed E-state index contributed by atoms with van der Waals surface area (Å²) in [6.07, 6.45) is 10.4. The number of aromatic nitrogens is 4. The maximum Gasteiger partial charge on any atom is 0.257 e. The molecule has 0 radical (unpaired) electrons. The molecule has 0 N–H and O–H groups in total. The monoisotopic (exact) mass is 382 g/mol. The van der Waals surface area contributed by atoms with Crippen LogP contribution in [0.5, 0.6) is 5.88 Å². The maximum atomic E-state index is 5.38. The molecule has 0 unspecified atom stereocenters. The molecule has 2 aromatic heterocycles. The van der Waals surface area contributed by atoms with E-state index in [0.717, 1.165) is 48.8 Å². The molecule has 0 atom stereocenters. The summed E-state index contributed by atoms with van der Waals surface area (Å²) in [6.45, 7) is 7.33. The number of ether oxygens (including phenoxy) is 1. The molecule has 2 aromatic rings. The number of hydrogen-bond donors (Lipinski definition) is 0. The van der Waals surface area contributed by atoms with Crippen molar-refractivity contribution in [3.8, 4) is 5.88 Å². The van der Waals surface area contributed by atoms with Crippen LogP contribution in [0.4, 0.5) is 5.82 Å². The molecule has 2 saturated heterocycles. The van der Waals surface area contributed by atoms with E-state index < -0.39 is 0 Å². The largest absolute Gasteiger partial charge is 0.478 e. The molecule has 0 amide bonds. The van der Waals surface area contributed by atoms with Gasteiger partial charge in [-0.2, -0.15) is 0 Å². The van der Waals surface area contributed by atoms with Gasteiger partial charge in [0, 0.05) is 38.2 Å². The zero-order valence-electron chi connectivity index (χ0n) is 16.9. The van der Waals surface area contributed by atoms with Crippen molar-refractivity contribution in [3.63, 3.8) is 0 Å². The van der Waals surface area contributed by atoms with E-state index in [-0.39, 0.29) is 0 Å². The van der Waals surface area contributed by atoms with E-state index in [1.807, 2.05) is 19.2 Å². The van der Waals surface area contributed by atoms with Gasteiger partial charge >= 0.3 is 0 Å². The molecule has 2 aliphatic rings. The highest BCUT2D eigenvalue weighted by atomic mass is 16.5. The van der Waals surface area contributed by atoms with Crippen LogP contribution in [0.15, 0.2) is 24.7 Å². The summed E-state index contributed by atoms with van der Waals surface area (Å²) in [5.74, 6) is 4.04. The second-order valence-corrected chi connectivity index (χ2v) is 7.92. The number of likely N-dealkylation sites (tertiary alicyclic amines) is 1. The first-order valence-corrected chi connectivity index (χ1v) is 10.3. The lowest BCUT2D eigenvalue weighted by Crippen LogP contribution is -2.41. The highest BCUT2D eigenvalue weighted by Crippen LogP contribution is 2.35. The molecule has 0 spiro atoms. The fourth-order valence-corrected chi connectivity index (χ4v) is 4.67. The van der Waals surface area contributed by atoms with Crippen LogP contribution in [0.1, 0.15) is 37.2 Å². The molecular formula is C21H30N6O. The Labute approximate surface area is 167 Å². The Morgan fingerprint density at radius 2 is 1.61 bits per heavy atom. The van der Waals surface area contributed by atoms with Crippen LogP contribution in [0.3, 0.4) is 0 Å². The average molecular weight is 383 g/mol. The summed E-state index contributed by atoms with van der Waals surface area (Å²) in [5.41, 5.74) is 1.14. The highest BCUT2D eigenvalue weighted by Gasteiger charge is 2.30. The van der Waals surface area contributed by atoms with Crippen LogP contribution in [0, 0.1) is 18.8 Å². The van der Waals surface area contributed by atoms with E-state index in [9.17, 15) is 0 Å². The molecule has 28 heavy (non-hydrogen) atoms. The molecule has 7 heteroatoms. The summed E-state index contributed by atoms with van der Waals surface area (Å²) < 4.78 is 5.38. The van der Waals surface area contributed by atoms with Crippen LogP contribution < -0.4 is 9.64 Å². The molecular weight excluding hydrogens is 352 g/mol. The van der Waals surface area contributed by atoms with Crippen LogP contribution in [0.25, 0.3) is 0 Å². The van der Waals surface area contributed by atoms with Crippen LogP contribution in [-0.4, -0.2) is 58.1 Å². The van der Waals surface area contributed by atoms with E-state index in [2.05, 4.69) is 29.7 Å². The average Bonchev–Trinajstić information content (AvgIpc) is 2.74. The minimum absolute atomic E-state index is 0.634. The molecule has 4 rings (SSSR count). The lowest BCUT2D eigenvalue weighted by atomic mass is 9.79. The Bertz CT molecular complexity index is 769. The van der Waals surface area contributed by atoms with Gasteiger partial charge in [-0.05, 0) is 63.6 Å². The van der Waals surface area contributed by atoms with Gasteiger partial charge in [-0.15, -0.1) is 0 Å². The van der Waals surface area contributed by atoms with Crippen molar-refractivity contribution in [3.05, 3.63) is 36.2 Å². The Morgan fingerprint density at radius 3 is 2.29 bits per heavy atom. The van der Waals surface area contributed by atoms with Gasteiger partial charge in [-0.1, -0.05) is 0 Å². The van der Waals surface area contributed by atoms with Crippen molar-refractivity contribution >= 4 is 5.82 Å². The number of piperidine rings is 2. The smallest absolute Gasteiger partial charge is 0.257 e. The summed E-state index contributed by atoms with van der Waals surface area (Å²) in [4.78, 5) is 22.4. The Balaban J connectivity index is 1.26. The maximum absolute atomic E-state index is 5.38. The van der Waals surface area contributed by atoms with Gasteiger partial charge < -0.3 is 9.64 Å². The van der Waals surface area contributed by atoms with Crippen molar-refractivity contribution < 1.29 is 4.74 Å². The van der Waals surface area contributed by atoms with Gasteiger partial charge in [0.1, 0.15) is 5.82 Å². The summed E-state index contributed by atoms with van der Waals surface area (Å²) in [5, 5.41) is 0. The molecule has 0 aliphatic carbocycles. The van der Waals surface area contributed by atoms with E-state index in [0.29, 0.717) is 5.88 Å². The van der Waals surface area contributed by atoms with Crippen LogP contribution in [-0.2, 0) is 6.54 Å². The lowest BCUT2D eigenvalue weighted by molar-refractivity contribution is 0.128. The van der Waals surface area contributed by atoms with E-state index in [1.165, 1.54) is 38.8 Å². The summed E-state index contributed by atoms with van der Waals surface area (Å²) in [7, 11) is 1.66. The van der Waals surface area contributed by atoms with Crippen molar-refractivity contribution in [1.29, 1.82) is 0 Å². The van der Waals surface area contributed by atoms with Gasteiger partial charge in [0.25, 0.3) is 5.88 Å². The zero-order chi connectivity index (χ0) is 19.3. The topological polar surface area (TPSA) is 67.3 Å². The molecule has 0 saturated carbocycles. The number of anilines is 1. The molecule has 150 valence electrons. The third-order valence-corrected chi connectivity index (χ3v) is 6.20. The van der Waals surface area contributed by atoms with Gasteiger partial charge in [-0.3, -0.25) is 4.90 Å². The molecule has 4 heterocycles. The van der Waals surface area contributed by atoms with Crippen LogP contribution >= 0.6 is 0 Å². The summed E-state index contributed by atoms with van der Waals surface area (Å²) >= 11 is 0. The molecule has 0 aromatic carbocycles. The number of aryl methyl sites for hydroxylation is 1. The minimum Gasteiger partial charge on any atom is -0.478 e. The first-order valence-electron chi connectivity index (χ1n) is 10.3. The normalized spacial score (nSPS) is 19.7. The first-order chi connectivity index (χ1) is 13.7. The third-order valence-electron chi connectivity index (χ3n) is 6.20. The van der Waals surface area contributed by atoms with E-state index in [1.54, 1.807) is 19.5 Å². The first kappa shape index (κ1) is 19.1. The lowest BCUT2D eigenvalue weighted by Gasteiger charge is -2.40. The zero-order valence-corrected chi connectivity index (χ0v) is 16.9. The number of hydrogen-bond acceptors (Lipinski definition) is 7. The van der Waals surface area contributed by atoms with Gasteiger partial charge in [-0.25, -0.2) is 19.9 Å². The number of rotatable bonds is 5. The van der Waals surface area contributed by atoms with Gasteiger partial charge in [0.15, 0.2) is 5.82 Å². The standard InChI is InChI=1S/C21H30N6O/c1-16-22-8-3-19(25-16)15-26-11-4-17(5-12-26)18-6-13-27(14-7-18)20-21(28-2)24-10-9-23-20/h3,8-10,17-18H,4-7,11-15H2,1-2H3.